The Bertz CT molecular complexity index is 1250. The SMILES string of the molecule is COc1ccc(N(C(=O)c2ccc(Cl)cc2Cl)c2nc3c(s2)C(O)CN(C)C3=O)cc1OC. The van der Waals surface area contributed by atoms with Crippen molar-refractivity contribution in [3.63, 3.8) is 0 Å². The molecule has 2 heterocycles. The van der Waals surface area contributed by atoms with E-state index in [9.17, 15) is 14.7 Å². The Kier molecular flexibility index (Phi) is 6.49. The Hall–Kier alpha value is -2.85. The number of halogens is 2. The normalized spacial score (nSPS) is 15.3. The number of carbonyl (C=O) groups excluding carboxylic acids is 2. The van der Waals surface area contributed by atoms with Crippen LogP contribution >= 0.6 is 34.5 Å². The molecule has 0 radical (unpaired) electrons. The number of fused-ring (bicyclic) bond motifs is 1. The van der Waals surface area contributed by atoms with Gasteiger partial charge in [-0.3, -0.25) is 14.5 Å². The van der Waals surface area contributed by atoms with Crippen LogP contribution in [0.25, 0.3) is 0 Å². The zero-order valence-electron chi connectivity index (χ0n) is 17.8. The van der Waals surface area contributed by atoms with Gasteiger partial charge in [-0.05, 0) is 30.3 Å². The molecule has 33 heavy (non-hydrogen) atoms. The van der Waals surface area contributed by atoms with Crippen molar-refractivity contribution in [2.45, 2.75) is 6.10 Å². The van der Waals surface area contributed by atoms with E-state index in [1.54, 1.807) is 31.3 Å². The van der Waals surface area contributed by atoms with E-state index in [2.05, 4.69) is 4.98 Å². The van der Waals surface area contributed by atoms with Gasteiger partial charge in [0.2, 0.25) is 0 Å². The van der Waals surface area contributed by atoms with Crippen molar-refractivity contribution in [3.05, 3.63) is 62.6 Å². The van der Waals surface area contributed by atoms with Crippen LogP contribution in [0.15, 0.2) is 36.4 Å². The van der Waals surface area contributed by atoms with Gasteiger partial charge in [-0.2, -0.15) is 0 Å². The molecule has 1 unspecified atom stereocenters. The Morgan fingerprint density at radius 1 is 1.18 bits per heavy atom. The van der Waals surface area contributed by atoms with Crippen LogP contribution in [0.5, 0.6) is 11.5 Å². The maximum absolute atomic E-state index is 13.7. The van der Waals surface area contributed by atoms with E-state index in [4.69, 9.17) is 32.7 Å². The van der Waals surface area contributed by atoms with Crippen molar-refractivity contribution in [2.24, 2.45) is 0 Å². The van der Waals surface area contributed by atoms with Gasteiger partial charge in [-0.25, -0.2) is 4.98 Å². The number of aliphatic hydroxyl groups excluding tert-OH is 1. The summed E-state index contributed by atoms with van der Waals surface area (Å²) >= 11 is 13.4. The molecule has 172 valence electrons. The lowest BCUT2D eigenvalue weighted by molar-refractivity contribution is 0.0617. The molecule has 0 bridgehead atoms. The maximum Gasteiger partial charge on any atom is 0.273 e. The summed E-state index contributed by atoms with van der Waals surface area (Å²) in [5.41, 5.74) is 0.704. The molecule has 0 saturated carbocycles. The number of aromatic nitrogens is 1. The van der Waals surface area contributed by atoms with E-state index in [0.717, 1.165) is 11.3 Å². The monoisotopic (exact) mass is 507 g/mol. The average Bonchev–Trinajstić information content (AvgIpc) is 3.23. The van der Waals surface area contributed by atoms with Gasteiger partial charge in [0.25, 0.3) is 11.8 Å². The molecule has 1 aromatic heterocycles. The van der Waals surface area contributed by atoms with E-state index in [1.807, 2.05) is 0 Å². The number of hydrogen-bond acceptors (Lipinski definition) is 7. The number of amides is 2. The predicted octanol–water partition coefficient (Wildman–Crippen LogP) is 4.56. The summed E-state index contributed by atoms with van der Waals surface area (Å²) in [5.74, 6) is 0.0447. The molecule has 0 spiro atoms. The highest BCUT2D eigenvalue weighted by Crippen LogP contribution is 2.41. The molecule has 11 heteroatoms. The number of carbonyl (C=O) groups is 2. The van der Waals surface area contributed by atoms with E-state index in [-0.39, 0.29) is 33.9 Å². The highest BCUT2D eigenvalue weighted by molar-refractivity contribution is 7.16. The molecular formula is C22H19Cl2N3O5S. The number of ether oxygens (including phenoxy) is 2. The van der Waals surface area contributed by atoms with E-state index < -0.39 is 12.0 Å². The standard InChI is InChI=1S/C22H19Cl2N3O5S/c1-26-10-15(28)19-18(21(26)30)25-22(33-19)27(12-5-7-16(31-2)17(9-12)32-3)20(29)13-6-4-11(23)8-14(13)24/h4-9,15,28H,10H2,1-3H3. The van der Waals surface area contributed by atoms with Gasteiger partial charge < -0.3 is 19.5 Å². The molecule has 8 nitrogen and oxygen atoms in total. The summed E-state index contributed by atoms with van der Waals surface area (Å²) in [4.78, 5) is 33.9. The number of thiazole rings is 1. The molecule has 2 amide bonds. The van der Waals surface area contributed by atoms with Gasteiger partial charge in [0.15, 0.2) is 16.6 Å². The lowest BCUT2D eigenvalue weighted by Gasteiger charge is -2.24. The fraction of sp³-hybridized carbons (Fsp3) is 0.227. The maximum atomic E-state index is 13.7. The second-order valence-corrected chi connectivity index (χ2v) is 9.07. The van der Waals surface area contributed by atoms with Gasteiger partial charge in [0.05, 0.1) is 41.9 Å². The van der Waals surface area contributed by atoms with E-state index in [1.165, 1.54) is 36.2 Å². The van der Waals surface area contributed by atoms with E-state index >= 15 is 0 Å². The number of hydrogen-bond donors (Lipinski definition) is 1. The summed E-state index contributed by atoms with van der Waals surface area (Å²) in [5, 5.41) is 11.2. The van der Waals surface area contributed by atoms with Crippen molar-refractivity contribution in [3.8, 4) is 11.5 Å². The second kappa shape index (κ2) is 9.18. The first-order chi connectivity index (χ1) is 15.7. The summed E-state index contributed by atoms with van der Waals surface area (Å²) in [6, 6.07) is 9.47. The third-order valence-electron chi connectivity index (χ3n) is 5.12. The molecule has 1 atom stereocenters. The number of anilines is 2. The largest absolute Gasteiger partial charge is 0.493 e. The summed E-state index contributed by atoms with van der Waals surface area (Å²) in [7, 11) is 4.57. The number of likely N-dealkylation sites (N-methyl/N-ethyl adjacent to an activating group) is 1. The summed E-state index contributed by atoms with van der Waals surface area (Å²) in [6.45, 7) is 0.140. The summed E-state index contributed by atoms with van der Waals surface area (Å²) in [6.07, 6.45) is -0.907. The molecular weight excluding hydrogens is 489 g/mol. The molecule has 4 rings (SSSR count). The Balaban J connectivity index is 1.89. The van der Waals surface area contributed by atoms with Crippen LogP contribution < -0.4 is 14.4 Å². The van der Waals surface area contributed by atoms with Gasteiger partial charge in [-0.15, -0.1) is 0 Å². The van der Waals surface area contributed by atoms with Gasteiger partial charge >= 0.3 is 0 Å². The van der Waals surface area contributed by atoms with Crippen LogP contribution in [0.1, 0.15) is 31.8 Å². The minimum atomic E-state index is -0.907. The van der Waals surface area contributed by atoms with Crippen LogP contribution in [0, 0.1) is 0 Å². The van der Waals surface area contributed by atoms with Crippen LogP contribution in [0.3, 0.4) is 0 Å². The molecule has 0 aliphatic carbocycles. The average molecular weight is 508 g/mol. The molecule has 3 aromatic rings. The first kappa shape index (κ1) is 23.3. The van der Waals surface area contributed by atoms with Crippen molar-refractivity contribution in [1.82, 2.24) is 9.88 Å². The highest BCUT2D eigenvalue weighted by Gasteiger charge is 2.35. The first-order valence-electron chi connectivity index (χ1n) is 9.71. The zero-order chi connectivity index (χ0) is 23.9. The lowest BCUT2D eigenvalue weighted by atomic mass is 10.1. The second-order valence-electron chi connectivity index (χ2n) is 7.21. The third-order valence-corrected chi connectivity index (χ3v) is 6.81. The molecule has 1 N–H and O–H groups in total. The zero-order valence-corrected chi connectivity index (χ0v) is 20.2. The minimum Gasteiger partial charge on any atom is -0.493 e. The van der Waals surface area contributed by atoms with Crippen molar-refractivity contribution in [1.29, 1.82) is 0 Å². The third kappa shape index (κ3) is 4.24. The van der Waals surface area contributed by atoms with Gasteiger partial charge in [0, 0.05) is 18.1 Å². The quantitative estimate of drug-likeness (QED) is 0.543. The van der Waals surface area contributed by atoms with Crippen LogP contribution in [-0.2, 0) is 0 Å². The highest BCUT2D eigenvalue weighted by atomic mass is 35.5. The molecule has 2 aromatic carbocycles. The van der Waals surface area contributed by atoms with Crippen LogP contribution in [0.4, 0.5) is 10.8 Å². The summed E-state index contributed by atoms with van der Waals surface area (Å²) < 4.78 is 10.7. The van der Waals surface area contributed by atoms with Gasteiger partial charge in [-0.1, -0.05) is 34.5 Å². The lowest BCUT2D eigenvalue weighted by Crippen LogP contribution is -2.36. The Morgan fingerprint density at radius 3 is 2.58 bits per heavy atom. The number of nitrogens with zero attached hydrogens (tertiary/aromatic N) is 3. The number of aliphatic hydroxyl groups is 1. The minimum absolute atomic E-state index is 0.108. The Labute approximate surface area is 203 Å². The fourth-order valence-corrected chi connectivity index (χ4v) is 5.01. The Morgan fingerprint density at radius 2 is 1.91 bits per heavy atom. The number of methoxy groups -OCH3 is 2. The van der Waals surface area contributed by atoms with Crippen molar-refractivity contribution >= 4 is 57.2 Å². The van der Waals surface area contributed by atoms with E-state index in [0.29, 0.717) is 27.1 Å². The fourth-order valence-electron chi connectivity index (χ4n) is 3.46. The van der Waals surface area contributed by atoms with Crippen molar-refractivity contribution in [2.75, 3.05) is 32.7 Å². The number of rotatable bonds is 5. The topological polar surface area (TPSA) is 92.2 Å². The van der Waals surface area contributed by atoms with Gasteiger partial charge in [0.1, 0.15) is 11.8 Å². The molecule has 1 aliphatic rings. The molecule has 0 fully saturated rings. The number of β-amino-alcohol motifs (C(OH)–C–C–N with tert-alkyl or cyclic N) is 1. The van der Waals surface area contributed by atoms with Crippen LogP contribution in [-0.4, -0.2) is 54.6 Å². The molecule has 0 saturated heterocycles. The predicted molar refractivity (Wildman–Crippen MR) is 127 cm³/mol. The van der Waals surface area contributed by atoms with Crippen molar-refractivity contribution < 1.29 is 24.2 Å². The first-order valence-corrected chi connectivity index (χ1v) is 11.3. The number of benzene rings is 2. The smallest absolute Gasteiger partial charge is 0.273 e. The molecule has 1 aliphatic heterocycles. The van der Waals surface area contributed by atoms with Crippen LogP contribution in [0.2, 0.25) is 10.0 Å².